The Kier molecular flexibility index (Phi) is 10.4. The van der Waals surface area contributed by atoms with Crippen molar-refractivity contribution in [2.75, 3.05) is 33.8 Å². The van der Waals surface area contributed by atoms with Gasteiger partial charge in [-0.2, -0.15) is 0 Å². The second kappa shape index (κ2) is 12.8. The van der Waals surface area contributed by atoms with E-state index in [1.807, 2.05) is 0 Å². The first-order valence-corrected chi connectivity index (χ1v) is 11.0. The van der Waals surface area contributed by atoms with Gasteiger partial charge in [0.25, 0.3) is 0 Å². The number of nitrogens with zero attached hydrogens (tertiary/aromatic N) is 2. The Morgan fingerprint density at radius 3 is 2.34 bits per heavy atom. The van der Waals surface area contributed by atoms with Crippen LogP contribution in [0.5, 0.6) is 5.75 Å². The van der Waals surface area contributed by atoms with Crippen molar-refractivity contribution in [3.63, 3.8) is 0 Å². The summed E-state index contributed by atoms with van der Waals surface area (Å²) in [5.74, 6) is 0.0135. The van der Waals surface area contributed by atoms with Crippen LogP contribution in [0.4, 0.5) is 9.18 Å². The molecule has 0 aromatic heterocycles. The highest BCUT2D eigenvalue weighted by atomic mass is 19.1. The molecular weight excluding hydrogens is 371 g/mol. The van der Waals surface area contributed by atoms with E-state index in [9.17, 15) is 9.18 Å². The number of amides is 1. The average molecular weight is 409 g/mol. The molecule has 1 fully saturated rings. The normalized spacial score (nSPS) is 19.3. The van der Waals surface area contributed by atoms with Gasteiger partial charge in [-0.3, -0.25) is 0 Å². The van der Waals surface area contributed by atoms with Crippen molar-refractivity contribution in [2.45, 2.75) is 70.4 Å². The van der Waals surface area contributed by atoms with Gasteiger partial charge < -0.3 is 19.3 Å². The molecule has 0 unspecified atom stereocenters. The lowest BCUT2D eigenvalue weighted by atomic mass is 9.92. The number of hydrogen-bond donors (Lipinski definition) is 0. The van der Waals surface area contributed by atoms with Gasteiger partial charge in [0.05, 0.1) is 6.10 Å². The summed E-state index contributed by atoms with van der Waals surface area (Å²) in [5.41, 5.74) is 0. The fourth-order valence-electron chi connectivity index (χ4n) is 3.75. The molecule has 0 aliphatic heterocycles. The summed E-state index contributed by atoms with van der Waals surface area (Å²) in [7, 11) is 3.95. The van der Waals surface area contributed by atoms with Crippen molar-refractivity contribution in [1.82, 2.24) is 9.80 Å². The highest BCUT2D eigenvalue weighted by Crippen LogP contribution is 2.25. The van der Waals surface area contributed by atoms with Gasteiger partial charge in [0.1, 0.15) is 11.6 Å². The predicted octanol–water partition coefficient (Wildman–Crippen LogP) is 5.10. The topological polar surface area (TPSA) is 42.0 Å². The van der Waals surface area contributed by atoms with Crippen LogP contribution in [-0.4, -0.2) is 61.8 Å². The second-order valence-corrected chi connectivity index (χ2v) is 8.10. The second-order valence-electron chi connectivity index (χ2n) is 8.10. The van der Waals surface area contributed by atoms with Gasteiger partial charge in [0, 0.05) is 26.2 Å². The summed E-state index contributed by atoms with van der Waals surface area (Å²) in [6.07, 6.45) is 8.55. The van der Waals surface area contributed by atoms with Gasteiger partial charge >= 0.3 is 6.09 Å². The Labute approximate surface area is 175 Å². The summed E-state index contributed by atoms with van der Waals surface area (Å²) in [4.78, 5) is 16.4. The van der Waals surface area contributed by atoms with Crippen LogP contribution in [0.25, 0.3) is 0 Å². The number of carbonyl (C=O) groups is 1. The smallest absolute Gasteiger partial charge is 0.410 e. The zero-order valence-electron chi connectivity index (χ0n) is 18.2. The molecule has 2 rings (SSSR count). The predicted molar refractivity (Wildman–Crippen MR) is 114 cm³/mol. The van der Waals surface area contributed by atoms with E-state index in [1.54, 1.807) is 11.9 Å². The molecule has 164 valence electrons. The van der Waals surface area contributed by atoms with Crippen molar-refractivity contribution in [1.29, 1.82) is 0 Å². The molecule has 5 nitrogen and oxygen atoms in total. The zero-order chi connectivity index (χ0) is 21.1. The number of unbranched alkanes of at least 4 members (excludes halogenated alkanes) is 2. The molecule has 6 heteroatoms. The molecule has 1 aromatic carbocycles. The Hall–Kier alpha value is -1.66. The van der Waals surface area contributed by atoms with E-state index in [2.05, 4.69) is 18.9 Å². The van der Waals surface area contributed by atoms with Gasteiger partial charge in [-0.15, -0.1) is 0 Å². The monoisotopic (exact) mass is 408 g/mol. The van der Waals surface area contributed by atoms with Gasteiger partial charge in [0.15, 0.2) is 0 Å². The minimum Gasteiger partial charge on any atom is -0.410 e. The number of ether oxygens (including phenoxy) is 2. The Morgan fingerprint density at radius 2 is 1.69 bits per heavy atom. The Balaban J connectivity index is 1.60. The van der Waals surface area contributed by atoms with Crippen LogP contribution in [-0.2, 0) is 4.74 Å². The van der Waals surface area contributed by atoms with E-state index in [-0.39, 0.29) is 18.0 Å². The van der Waals surface area contributed by atoms with Crippen LogP contribution in [0.2, 0.25) is 0 Å². The highest BCUT2D eigenvalue weighted by Gasteiger charge is 2.27. The van der Waals surface area contributed by atoms with Crippen LogP contribution in [0, 0.1) is 5.82 Å². The maximum absolute atomic E-state index is 13.0. The van der Waals surface area contributed by atoms with E-state index >= 15 is 0 Å². The van der Waals surface area contributed by atoms with E-state index in [1.165, 1.54) is 50.1 Å². The number of benzene rings is 1. The standard InChI is InChI=1S/C23H37FN2O3/c1-4-5-6-16-25(2)17-7-18-28-21-14-10-20(11-15-21)26(3)23(27)29-22-12-8-19(24)9-13-22/h8-9,12-13,20-21H,4-7,10-11,14-18H2,1-3H3. The summed E-state index contributed by atoms with van der Waals surface area (Å²) in [6.45, 7) is 5.28. The number of halogens is 1. The molecule has 1 aliphatic carbocycles. The highest BCUT2D eigenvalue weighted by molar-refractivity contribution is 5.70. The first-order valence-electron chi connectivity index (χ1n) is 11.0. The van der Waals surface area contributed by atoms with Crippen LogP contribution in [0.15, 0.2) is 24.3 Å². The fraction of sp³-hybridized carbons (Fsp3) is 0.696. The quantitative estimate of drug-likeness (QED) is 0.478. The van der Waals surface area contributed by atoms with Crippen molar-refractivity contribution < 1.29 is 18.7 Å². The molecule has 0 atom stereocenters. The van der Waals surface area contributed by atoms with E-state index in [4.69, 9.17) is 9.47 Å². The Bertz CT molecular complexity index is 588. The molecule has 0 heterocycles. The maximum atomic E-state index is 13.0. The minimum atomic E-state index is -0.396. The van der Waals surface area contributed by atoms with E-state index in [0.717, 1.165) is 45.3 Å². The molecule has 1 saturated carbocycles. The third-order valence-electron chi connectivity index (χ3n) is 5.68. The first-order chi connectivity index (χ1) is 14.0. The number of hydrogen-bond acceptors (Lipinski definition) is 4. The number of carbonyl (C=O) groups excluding carboxylic acids is 1. The van der Waals surface area contributed by atoms with Gasteiger partial charge in [-0.25, -0.2) is 9.18 Å². The summed E-state index contributed by atoms with van der Waals surface area (Å²) < 4.78 is 24.3. The molecule has 29 heavy (non-hydrogen) atoms. The van der Waals surface area contributed by atoms with Crippen molar-refractivity contribution in [3.05, 3.63) is 30.1 Å². The first kappa shape index (κ1) is 23.6. The molecular formula is C23H37FN2O3. The molecule has 1 aliphatic rings. The molecule has 0 bridgehead atoms. The fourth-order valence-corrected chi connectivity index (χ4v) is 3.75. The molecule has 1 aromatic rings. The largest absolute Gasteiger partial charge is 0.415 e. The van der Waals surface area contributed by atoms with E-state index < -0.39 is 6.09 Å². The summed E-state index contributed by atoms with van der Waals surface area (Å²) in [6, 6.07) is 5.66. The lowest BCUT2D eigenvalue weighted by molar-refractivity contribution is 0.00898. The number of rotatable bonds is 11. The third kappa shape index (κ3) is 8.70. The van der Waals surface area contributed by atoms with Gasteiger partial charge in [0.2, 0.25) is 0 Å². The van der Waals surface area contributed by atoms with Crippen molar-refractivity contribution in [3.8, 4) is 5.75 Å². The lowest BCUT2D eigenvalue weighted by Crippen LogP contribution is -2.42. The molecule has 0 saturated heterocycles. The van der Waals surface area contributed by atoms with Crippen LogP contribution in [0.3, 0.4) is 0 Å². The summed E-state index contributed by atoms with van der Waals surface area (Å²) >= 11 is 0. The molecule has 0 N–H and O–H groups in total. The van der Waals surface area contributed by atoms with Gasteiger partial charge in [-0.1, -0.05) is 19.8 Å². The lowest BCUT2D eigenvalue weighted by Gasteiger charge is -2.34. The van der Waals surface area contributed by atoms with Crippen LogP contribution >= 0.6 is 0 Å². The minimum absolute atomic E-state index is 0.160. The molecule has 1 amide bonds. The maximum Gasteiger partial charge on any atom is 0.415 e. The van der Waals surface area contributed by atoms with Crippen LogP contribution in [0.1, 0.15) is 58.3 Å². The summed E-state index contributed by atoms with van der Waals surface area (Å²) in [5, 5.41) is 0. The Morgan fingerprint density at radius 1 is 1.03 bits per heavy atom. The zero-order valence-corrected chi connectivity index (χ0v) is 18.2. The van der Waals surface area contributed by atoms with Crippen molar-refractivity contribution >= 4 is 6.09 Å². The third-order valence-corrected chi connectivity index (χ3v) is 5.68. The average Bonchev–Trinajstić information content (AvgIpc) is 2.73. The molecule has 0 spiro atoms. The van der Waals surface area contributed by atoms with Crippen LogP contribution < -0.4 is 4.74 Å². The SMILES string of the molecule is CCCCCN(C)CCCOC1CCC(N(C)C(=O)Oc2ccc(F)cc2)CC1. The van der Waals surface area contributed by atoms with Crippen molar-refractivity contribution in [2.24, 2.45) is 0 Å². The van der Waals surface area contributed by atoms with E-state index in [0.29, 0.717) is 5.75 Å². The molecule has 0 radical (unpaired) electrons. The van der Waals surface area contributed by atoms with Gasteiger partial charge in [-0.05, 0) is 76.4 Å².